The van der Waals surface area contributed by atoms with Gasteiger partial charge >= 0.3 is 0 Å². The van der Waals surface area contributed by atoms with Crippen LogP contribution in [0.4, 0.5) is 0 Å². The number of Topliss-reactive ketones (excluding diaryl/α,β-unsaturated/α-hetero) is 1. The summed E-state index contributed by atoms with van der Waals surface area (Å²) in [7, 11) is 1.98. The fraction of sp³-hybridized carbons (Fsp3) is 0.357. The standard InChI is InChI=1S/C27H27NO.C13H20.C2H6.H2/c1-5-19-8-6-10-22(17(19)2)27(28-4)26-15-14-25(26)21-12-13-24-20(16-21)9-7-11-23(24)18(3)29;1-5-6-11-7-9-12(10-8-11)13(2,3)4;1-2;/h6-7,9-16,19,28H,2,5,8H2,1,3-4H3;7-10H,5-6H2,1-4H3;1-2H3;1H/b27-22-;;;. The Labute approximate surface area is 268 Å². The topological polar surface area (TPSA) is 29.1 Å². The summed E-state index contributed by atoms with van der Waals surface area (Å²) in [6, 6.07) is 21.3. The van der Waals surface area contributed by atoms with E-state index in [9.17, 15) is 4.79 Å². The van der Waals surface area contributed by atoms with Crippen molar-refractivity contribution in [2.45, 2.75) is 86.5 Å². The summed E-state index contributed by atoms with van der Waals surface area (Å²) < 4.78 is 0. The number of hydrogen-bond acceptors (Lipinski definition) is 2. The summed E-state index contributed by atoms with van der Waals surface area (Å²) >= 11 is 0. The van der Waals surface area contributed by atoms with Gasteiger partial charge in [-0.1, -0.05) is 140 Å². The summed E-state index contributed by atoms with van der Waals surface area (Å²) in [4.78, 5) is 11.9. The van der Waals surface area contributed by atoms with Crippen LogP contribution in [0.15, 0.2) is 114 Å². The van der Waals surface area contributed by atoms with Crippen molar-refractivity contribution in [1.82, 2.24) is 5.32 Å². The van der Waals surface area contributed by atoms with Gasteiger partial charge < -0.3 is 5.32 Å². The number of hydrogen-bond donors (Lipinski definition) is 1. The van der Waals surface area contributed by atoms with Gasteiger partial charge in [-0.05, 0) is 82.2 Å². The average molecular weight is 590 g/mol. The lowest BCUT2D eigenvalue weighted by Crippen LogP contribution is -2.18. The number of fused-ring (bicyclic) bond motifs is 1. The van der Waals surface area contributed by atoms with Crippen LogP contribution in [-0.4, -0.2) is 12.8 Å². The van der Waals surface area contributed by atoms with E-state index in [1.54, 1.807) is 6.92 Å². The van der Waals surface area contributed by atoms with Crippen LogP contribution >= 0.6 is 0 Å². The minimum absolute atomic E-state index is 0. The Balaban J connectivity index is 0.000000373. The first-order valence-corrected chi connectivity index (χ1v) is 16.4. The third-order valence-corrected chi connectivity index (χ3v) is 8.46. The predicted octanol–water partition coefficient (Wildman–Crippen LogP) is 11.6. The SMILES string of the molecule is C=C1/C(=C(\NC)C2=CC=C2c2ccc3c(C(C)=O)cccc3c2)C=CCC1CC.CC.CCCc1ccc(C(C)(C)C)cc1.[HH]. The molecule has 1 unspecified atom stereocenters. The van der Waals surface area contributed by atoms with Gasteiger partial charge in [0.15, 0.2) is 5.78 Å². The van der Waals surface area contributed by atoms with Gasteiger partial charge in [0, 0.05) is 30.9 Å². The summed E-state index contributed by atoms with van der Waals surface area (Å²) in [6.45, 7) is 21.2. The molecule has 0 aliphatic heterocycles. The molecule has 2 nitrogen and oxygen atoms in total. The maximum atomic E-state index is 11.9. The van der Waals surface area contributed by atoms with Crippen molar-refractivity contribution in [3.63, 3.8) is 0 Å². The van der Waals surface area contributed by atoms with Gasteiger partial charge in [0.2, 0.25) is 0 Å². The molecule has 44 heavy (non-hydrogen) atoms. The van der Waals surface area contributed by atoms with Crippen LogP contribution in [-0.2, 0) is 11.8 Å². The highest BCUT2D eigenvalue weighted by Crippen LogP contribution is 2.40. The maximum Gasteiger partial charge on any atom is 0.160 e. The van der Waals surface area contributed by atoms with Crippen molar-refractivity contribution < 1.29 is 6.22 Å². The van der Waals surface area contributed by atoms with E-state index < -0.39 is 0 Å². The number of allylic oxidation sites excluding steroid dienone is 7. The van der Waals surface area contributed by atoms with E-state index in [1.165, 1.54) is 51.8 Å². The van der Waals surface area contributed by atoms with Gasteiger partial charge in [-0.2, -0.15) is 0 Å². The number of ketones is 1. The molecule has 3 aromatic rings. The van der Waals surface area contributed by atoms with Crippen LogP contribution in [0.25, 0.3) is 16.3 Å². The Hall–Kier alpha value is -3.91. The van der Waals surface area contributed by atoms with Crippen LogP contribution in [0, 0.1) is 5.92 Å². The molecule has 2 aliphatic carbocycles. The van der Waals surface area contributed by atoms with E-state index >= 15 is 0 Å². The number of carbonyl (C=O) groups excluding carboxylic acids is 1. The molecule has 0 saturated heterocycles. The van der Waals surface area contributed by atoms with Crippen molar-refractivity contribution in [1.29, 1.82) is 0 Å². The Bertz CT molecular complexity index is 1590. The Morgan fingerprint density at radius 2 is 1.70 bits per heavy atom. The molecule has 1 N–H and O–H groups in total. The molecule has 0 fully saturated rings. The number of benzene rings is 3. The van der Waals surface area contributed by atoms with Crippen molar-refractivity contribution in [3.8, 4) is 0 Å². The van der Waals surface area contributed by atoms with E-state index in [0.717, 1.165) is 34.9 Å². The second-order valence-corrected chi connectivity index (χ2v) is 12.5. The molecule has 1 atom stereocenters. The highest BCUT2D eigenvalue weighted by molar-refractivity contribution is 6.08. The normalized spacial score (nSPS) is 16.8. The maximum absolute atomic E-state index is 11.9. The van der Waals surface area contributed by atoms with E-state index in [1.807, 2.05) is 33.0 Å². The molecule has 0 saturated carbocycles. The van der Waals surface area contributed by atoms with Gasteiger partial charge in [0.25, 0.3) is 0 Å². The smallest absolute Gasteiger partial charge is 0.160 e. The molecule has 2 heteroatoms. The lowest BCUT2D eigenvalue weighted by molar-refractivity contribution is 0.101. The summed E-state index contributed by atoms with van der Waals surface area (Å²) in [5, 5.41) is 5.53. The fourth-order valence-electron chi connectivity index (χ4n) is 5.83. The number of nitrogens with one attached hydrogen (secondary N) is 1. The third kappa shape index (κ3) is 7.97. The zero-order valence-electron chi connectivity index (χ0n) is 28.6. The second kappa shape index (κ2) is 15.7. The molecule has 0 spiro atoms. The Morgan fingerprint density at radius 3 is 2.25 bits per heavy atom. The van der Waals surface area contributed by atoms with E-state index in [4.69, 9.17) is 0 Å². The quantitative estimate of drug-likeness (QED) is 0.278. The van der Waals surface area contributed by atoms with Gasteiger partial charge in [-0.25, -0.2) is 0 Å². The van der Waals surface area contributed by atoms with Crippen molar-refractivity contribution in [2.75, 3.05) is 7.05 Å². The Morgan fingerprint density at radius 1 is 1.00 bits per heavy atom. The van der Waals surface area contributed by atoms with Crippen molar-refractivity contribution in [3.05, 3.63) is 136 Å². The molecule has 0 radical (unpaired) electrons. The van der Waals surface area contributed by atoms with Crippen LogP contribution in [0.5, 0.6) is 0 Å². The highest BCUT2D eigenvalue weighted by atomic mass is 16.1. The van der Waals surface area contributed by atoms with Crippen LogP contribution < -0.4 is 5.32 Å². The second-order valence-electron chi connectivity index (χ2n) is 12.5. The molecule has 0 amide bonds. The highest BCUT2D eigenvalue weighted by Gasteiger charge is 2.24. The molecule has 0 aromatic heterocycles. The van der Waals surface area contributed by atoms with E-state index in [0.29, 0.717) is 5.92 Å². The number of carbonyl (C=O) groups is 1. The van der Waals surface area contributed by atoms with Crippen LogP contribution in [0.2, 0.25) is 0 Å². The van der Waals surface area contributed by atoms with Gasteiger partial charge in [-0.15, -0.1) is 0 Å². The number of likely N-dealkylation sites (N-methyl/N-ethyl adjacent to an activating group) is 1. The van der Waals surface area contributed by atoms with Crippen LogP contribution in [0.3, 0.4) is 0 Å². The molecule has 2 aliphatic rings. The van der Waals surface area contributed by atoms with E-state index in [-0.39, 0.29) is 12.6 Å². The van der Waals surface area contributed by atoms with Gasteiger partial charge in [-0.3, -0.25) is 4.79 Å². The first-order valence-electron chi connectivity index (χ1n) is 16.4. The zero-order valence-corrected chi connectivity index (χ0v) is 28.6. The predicted molar refractivity (Wildman–Crippen MR) is 195 cm³/mol. The summed E-state index contributed by atoms with van der Waals surface area (Å²) in [5.74, 6) is 0.610. The largest absolute Gasteiger partial charge is 0.387 e. The Kier molecular flexibility index (Phi) is 12.3. The summed E-state index contributed by atoms with van der Waals surface area (Å²) in [5.41, 5.74) is 11.1. The van der Waals surface area contributed by atoms with Crippen molar-refractivity contribution in [2.24, 2.45) is 5.92 Å². The molecule has 3 aromatic carbocycles. The molecule has 0 bridgehead atoms. The molecule has 5 rings (SSSR count). The van der Waals surface area contributed by atoms with Gasteiger partial charge in [0.1, 0.15) is 0 Å². The first-order chi connectivity index (χ1) is 21.1. The average Bonchev–Trinajstić information content (AvgIpc) is 3.00. The zero-order chi connectivity index (χ0) is 32.4. The van der Waals surface area contributed by atoms with E-state index in [2.05, 4.69) is 119 Å². The minimum Gasteiger partial charge on any atom is -0.387 e. The first kappa shape index (κ1) is 34.6. The molecule has 0 heterocycles. The fourth-order valence-corrected chi connectivity index (χ4v) is 5.83. The number of aryl methyl sites for hydroxylation is 1. The van der Waals surface area contributed by atoms with Crippen molar-refractivity contribution >= 4 is 22.1 Å². The summed E-state index contributed by atoms with van der Waals surface area (Å²) in [6.07, 6.45) is 13.4. The molecular weight excluding hydrogens is 534 g/mol. The minimum atomic E-state index is 0. The lowest BCUT2D eigenvalue weighted by atomic mass is 9.79. The van der Waals surface area contributed by atoms with Crippen LogP contribution in [0.1, 0.15) is 103 Å². The third-order valence-electron chi connectivity index (χ3n) is 8.46. The number of rotatable bonds is 7. The van der Waals surface area contributed by atoms with Gasteiger partial charge in [0.05, 0.1) is 0 Å². The molecular formula is C42H55NO. The monoisotopic (exact) mass is 589 g/mol. The molecule has 234 valence electrons. The lowest BCUT2D eigenvalue weighted by Gasteiger charge is -2.28.